The van der Waals surface area contributed by atoms with E-state index in [2.05, 4.69) is 6.58 Å². The van der Waals surface area contributed by atoms with Crippen LogP contribution in [0, 0.1) is 0 Å². The Labute approximate surface area is 116 Å². The largest absolute Gasteiger partial charge is 0.457 e. The van der Waals surface area contributed by atoms with E-state index in [1.165, 1.54) is 24.3 Å². The van der Waals surface area contributed by atoms with E-state index in [-0.39, 0.29) is 5.56 Å². The number of carbonyl (C=O) groups excluding carboxylic acids is 1. The summed E-state index contributed by atoms with van der Waals surface area (Å²) in [5.74, 6) is -3.10. The van der Waals surface area contributed by atoms with Crippen LogP contribution in [0.1, 0.15) is 32.3 Å². The van der Waals surface area contributed by atoms with Gasteiger partial charge in [0.05, 0.1) is 0 Å². The highest BCUT2D eigenvalue weighted by molar-refractivity contribution is 5.90. The summed E-state index contributed by atoms with van der Waals surface area (Å²) in [7, 11) is 0. The van der Waals surface area contributed by atoms with Gasteiger partial charge in [-0.15, -0.1) is 0 Å². The number of ether oxygens (including phenoxy) is 1. The summed E-state index contributed by atoms with van der Waals surface area (Å²) in [6, 6.07) is 7.20. The van der Waals surface area contributed by atoms with Crippen LogP contribution < -0.4 is 0 Å². The molecule has 1 rings (SSSR count). The number of esters is 1. The van der Waals surface area contributed by atoms with Gasteiger partial charge in [-0.1, -0.05) is 36.9 Å². The molecule has 1 aromatic carbocycles. The van der Waals surface area contributed by atoms with Crippen molar-refractivity contribution in [2.75, 3.05) is 0 Å². The molecular formula is C15H17F3O2. The lowest BCUT2D eigenvalue weighted by molar-refractivity contribution is -0.161. The van der Waals surface area contributed by atoms with Crippen molar-refractivity contribution in [3.05, 3.63) is 48.0 Å². The maximum absolute atomic E-state index is 13.2. The number of rotatable bonds is 3. The fourth-order valence-electron chi connectivity index (χ4n) is 1.69. The number of hydrogen-bond acceptors (Lipinski definition) is 2. The molecule has 20 heavy (non-hydrogen) atoms. The third kappa shape index (κ3) is 4.40. The zero-order valence-electron chi connectivity index (χ0n) is 11.6. The van der Waals surface area contributed by atoms with Crippen molar-refractivity contribution in [3.8, 4) is 0 Å². The molecule has 1 aromatic rings. The zero-order chi connectivity index (χ0) is 15.6. The summed E-state index contributed by atoms with van der Waals surface area (Å²) in [5, 5.41) is 0. The highest BCUT2D eigenvalue weighted by Gasteiger charge is 2.45. The molecule has 0 saturated heterocycles. The molecule has 0 aliphatic heterocycles. The highest BCUT2D eigenvalue weighted by Crippen LogP contribution is 2.40. The molecule has 0 spiro atoms. The summed E-state index contributed by atoms with van der Waals surface area (Å²) in [5.41, 5.74) is -1.51. The SMILES string of the molecule is C=C(C(=O)OC(C)(C)C)[C@H](c1ccccc1)C(F)(F)F. The summed E-state index contributed by atoms with van der Waals surface area (Å²) >= 11 is 0. The van der Waals surface area contributed by atoms with Crippen LogP contribution in [0.25, 0.3) is 0 Å². The minimum absolute atomic E-state index is 0.0316. The van der Waals surface area contributed by atoms with Crippen LogP contribution in [0.5, 0.6) is 0 Å². The Morgan fingerprint density at radius 2 is 1.65 bits per heavy atom. The minimum atomic E-state index is -4.60. The van der Waals surface area contributed by atoms with E-state index < -0.39 is 29.2 Å². The second-order valence-corrected chi connectivity index (χ2v) is 5.41. The molecule has 0 radical (unpaired) electrons. The quantitative estimate of drug-likeness (QED) is 0.614. The van der Waals surface area contributed by atoms with E-state index in [1.54, 1.807) is 26.8 Å². The van der Waals surface area contributed by atoms with Crippen LogP contribution in [-0.4, -0.2) is 17.7 Å². The number of hydrogen-bond donors (Lipinski definition) is 0. The summed E-state index contributed by atoms with van der Waals surface area (Å²) in [4.78, 5) is 11.8. The maximum Gasteiger partial charge on any atom is 0.399 e. The van der Waals surface area contributed by atoms with Gasteiger partial charge in [-0.2, -0.15) is 13.2 Å². The first-order valence-electron chi connectivity index (χ1n) is 6.06. The first-order valence-corrected chi connectivity index (χ1v) is 6.06. The monoisotopic (exact) mass is 286 g/mol. The van der Waals surface area contributed by atoms with Gasteiger partial charge in [-0.25, -0.2) is 4.79 Å². The summed E-state index contributed by atoms with van der Waals surface area (Å²) in [6.07, 6.45) is -4.60. The first-order chi connectivity index (χ1) is 9.02. The molecule has 0 heterocycles. The third-order valence-electron chi connectivity index (χ3n) is 2.47. The average molecular weight is 286 g/mol. The van der Waals surface area contributed by atoms with Gasteiger partial charge < -0.3 is 4.74 Å². The van der Waals surface area contributed by atoms with Crippen LogP contribution in [0.2, 0.25) is 0 Å². The Hall–Kier alpha value is -1.78. The fourth-order valence-corrected chi connectivity index (χ4v) is 1.69. The van der Waals surface area contributed by atoms with E-state index in [0.29, 0.717) is 0 Å². The van der Waals surface area contributed by atoms with Crippen molar-refractivity contribution in [1.82, 2.24) is 0 Å². The van der Waals surface area contributed by atoms with Gasteiger partial charge >= 0.3 is 12.1 Å². The van der Waals surface area contributed by atoms with Crippen LogP contribution in [-0.2, 0) is 9.53 Å². The molecular weight excluding hydrogens is 269 g/mol. The van der Waals surface area contributed by atoms with Crippen LogP contribution >= 0.6 is 0 Å². The standard InChI is InChI=1S/C15H17F3O2/c1-10(13(19)20-14(2,3)4)12(15(16,17)18)11-8-6-5-7-9-11/h5-9,12H,1H2,2-4H3/t12-/m1/s1. The van der Waals surface area contributed by atoms with Crippen molar-refractivity contribution in [2.45, 2.75) is 38.5 Å². The van der Waals surface area contributed by atoms with Gasteiger partial charge in [-0.3, -0.25) is 0 Å². The molecule has 110 valence electrons. The van der Waals surface area contributed by atoms with Crippen molar-refractivity contribution in [3.63, 3.8) is 0 Å². The predicted octanol–water partition coefficient (Wildman–Crippen LogP) is 4.23. The Balaban J connectivity index is 3.08. The smallest absolute Gasteiger partial charge is 0.399 e. The van der Waals surface area contributed by atoms with Crippen LogP contribution in [0.15, 0.2) is 42.5 Å². The molecule has 0 saturated carbocycles. The van der Waals surface area contributed by atoms with E-state index in [0.717, 1.165) is 0 Å². The molecule has 0 bridgehead atoms. The summed E-state index contributed by atoms with van der Waals surface area (Å²) < 4.78 is 44.5. The van der Waals surface area contributed by atoms with Crippen LogP contribution in [0.4, 0.5) is 13.2 Å². The lowest BCUT2D eigenvalue weighted by Gasteiger charge is -2.25. The number of benzene rings is 1. The molecule has 0 fully saturated rings. The number of halogens is 3. The van der Waals surface area contributed by atoms with Gasteiger partial charge in [-0.05, 0) is 26.3 Å². The van der Waals surface area contributed by atoms with E-state index in [1.807, 2.05) is 0 Å². The molecule has 2 nitrogen and oxygen atoms in total. The van der Waals surface area contributed by atoms with E-state index >= 15 is 0 Å². The minimum Gasteiger partial charge on any atom is -0.457 e. The Morgan fingerprint density at radius 3 is 2.05 bits per heavy atom. The van der Waals surface area contributed by atoms with Gasteiger partial charge in [0, 0.05) is 5.57 Å². The second-order valence-electron chi connectivity index (χ2n) is 5.41. The van der Waals surface area contributed by atoms with Crippen molar-refractivity contribution < 1.29 is 22.7 Å². The molecule has 0 aromatic heterocycles. The fraction of sp³-hybridized carbons (Fsp3) is 0.400. The van der Waals surface area contributed by atoms with Crippen molar-refractivity contribution in [1.29, 1.82) is 0 Å². The van der Waals surface area contributed by atoms with Crippen LogP contribution in [0.3, 0.4) is 0 Å². The Bertz CT molecular complexity index is 484. The number of carbonyl (C=O) groups is 1. The topological polar surface area (TPSA) is 26.3 Å². The molecule has 1 atom stereocenters. The zero-order valence-corrected chi connectivity index (χ0v) is 11.6. The van der Waals surface area contributed by atoms with E-state index in [4.69, 9.17) is 4.74 Å². The van der Waals surface area contributed by atoms with Gasteiger partial charge in [0.15, 0.2) is 0 Å². The van der Waals surface area contributed by atoms with Gasteiger partial charge in [0.2, 0.25) is 0 Å². The Kier molecular flexibility index (Phi) is 4.63. The van der Waals surface area contributed by atoms with Gasteiger partial charge in [0.1, 0.15) is 11.5 Å². The maximum atomic E-state index is 13.2. The van der Waals surface area contributed by atoms with Crippen molar-refractivity contribution >= 4 is 5.97 Å². The molecule has 0 aliphatic rings. The predicted molar refractivity (Wildman–Crippen MR) is 70.2 cm³/mol. The lowest BCUT2D eigenvalue weighted by Crippen LogP contribution is -2.31. The molecule has 0 N–H and O–H groups in total. The van der Waals surface area contributed by atoms with E-state index in [9.17, 15) is 18.0 Å². The molecule has 0 aliphatic carbocycles. The normalized spacial score (nSPS) is 13.7. The van der Waals surface area contributed by atoms with Crippen molar-refractivity contribution in [2.24, 2.45) is 0 Å². The second kappa shape index (κ2) is 5.69. The molecule has 0 amide bonds. The summed E-state index contributed by atoms with van der Waals surface area (Å²) in [6.45, 7) is 8.05. The highest BCUT2D eigenvalue weighted by atomic mass is 19.4. The first kappa shape index (κ1) is 16.3. The number of alkyl halides is 3. The molecule has 5 heteroatoms. The Morgan fingerprint density at radius 1 is 1.15 bits per heavy atom. The average Bonchev–Trinajstić information content (AvgIpc) is 2.26. The molecule has 0 unspecified atom stereocenters. The lowest BCUT2D eigenvalue weighted by atomic mass is 9.91. The van der Waals surface area contributed by atoms with Gasteiger partial charge in [0.25, 0.3) is 0 Å². The third-order valence-corrected chi connectivity index (χ3v) is 2.47.